The van der Waals surface area contributed by atoms with Crippen LogP contribution in [0.25, 0.3) is 22.0 Å². The third-order valence-corrected chi connectivity index (χ3v) is 5.31. The van der Waals surface area contributed by atoms with Crippen molar-refractivity contribution in [2.45, 2.75) is 12.6 Å². The number of fused-ring (bicyclic) bond motifs is 6. The summed E-state index contributed by atoms with van der Waals surface area (Å²) in [5, 5.41) is 20.4. The topological polar surface area (TPSA) is 98.0 Å². The van der Waals surface area contributed by atoms with E-state index in [-0.39, 0.29) is 24.5 Å². The predicted octanol–water partition coefficient (Wildman–Crippen LogP) is 1.95. The van der Waals surface area contributed by atoms with E-state index in [2.05, 4.69) is 0 Å². The average molecular weight is 400 g/mol. The Morgan fingerprint density at radius 3 is 2.50 bits per heavy atom. The summed E-state index contributed by atoms with van der Waals surface area (Å²) in [7, 11) is 0. The monoisotopic (exact) mass is 399 g/mol. The van der Waals surface area contributed by atoms with E-state index in [1.54, 1.807) is 24.3 Å². The molecular formula is C20H14ClNO6. The summed E-state index contributed by atoms with van der Waals surface area (Å²) in [6.45, 7) is -0.621. The molecule has 7 nitrogen and oxygen atoms in total. The summed E-state index contributed by atoms with van der Waals surface area (Å²) in [5.41, 5.74) is 1.28. The van der Waals surface area contributed by atoms with Crippen LogP contribution in [0, 0.1) is 0 Å². The standard InChI is InChI=1S/C20H14ClNO6/c21-9-1-2-11-14(3-9)20(26)22(6-10(24)7-23)18-12-4-15-16(28-8-27-15)5-13(12)19(25)17(11)18/h1-5,10,23-24H,6-8H2/t10-/m0/s1. The molecule has 0 unspecified atom stereocenters. The lowest BCUT2D eigenvalue weighted by molar-refractivity contribution is 0.0808. The van der Waals surface area contributed by atoms with Crippen LogP contribution in [0.3, 0.4) is 0 Å². The fourth-order valence-electron chi connectivity index (χ4n) is 3.83. The van der Waals surface area contributed by atoms with Gasteiger partial charge >= 0.3 is 0 Å². The molecular weight excluding hydrogens is 386 g/mol. The molecule has 1 aliphatic heterocycles. The number of hydrogen-bond donors (Lipinski definition) is 2. The maximum atomic E-state index is 13.2. The summed E-state index contributed by atoms with van der Waals surface area (Å²) in [4.78, 5) is 26.4. The minimum atomic E-state index is -1.16. The van der Waals surface area contributed by atoms with Crippen molar-refractivity contribution in [1.82, 2.24) is 4.57 Å². The molecule has 0 spiro atoms. The van der Waals surface area contributed by atoms with E-state index in [1.807, 2.05) is 0 Å². The van der Waals surface area contributed by atoms with Crippen LogP contribution in [0.5, 0.6) is 11.5 Å². The fourth-order valence-corrected chi connectivity index (χ4v) is 4.01. The van der Waals surface area contributed by atoms with E-state index in [0.717, 1.165) is 0 Å². The maximum Gasteiger partial charge on any atom is 0.259 e. The van der Waals surface area contributed by atoms with Gasteiger partial charge < -0.3 is 24.3 Å². The first-order valence-corrected chi connectivity index (χ1v) is 9.01. The third-order valence-electron chi connectivity index (χ3n) is 5.08. The van der Waals surface area contributed by atoms with Crippen LogP contribution in [-0.2, 0) is 6.54 Å². The largest absolute Gasteiger partial charge is 0.454 e. The molecule has 0 saturated carbocycles. The van der Waals surface area contributed by atoms with E-state index < -0.39 is 18.3 Å². The normalized spacial score (nSPS) is 15.0. The molecule has 1 aromatic heterocycles. The van der Waals surface area contributed by atoms with Gasteiger partial charge in [-0.1, -0.05) is 17.7 Å². The molecule has 0 radical (unpaired) electrons. The molecule has 0 fully saturated rings. The van der Waals surface area contributed by atoms with Crippen LogP contribution in [0.1, 0.15) is 15.9 Å². The molecule has 1 aliphatic carbocycles. The van der Waals surface area contributed by atoms with Crippen molar-refractivity contribution >= 4 is 28.2 Å². The molecule has 2 aromatic carbocycles. The van der Waals surface area contributed by atoms with E-state index in [0.29, 0.717) is 44.3 Å². The zero-order chi connectivity index (χ0) is 19.6. The smallest absolute Gasteiger partial charge is 0.259 e. The number of pyridine rings is 1. The lowest BCUT2D eigenvalue weighted by atomic mass is 10.0. The minimum Gasteiger partial charge on any atom is -0.454 e. The predicted molar refractivity (Wildman–Crippen MR) is 101 cm³/mol. The van der Waals surface area contributed by atoms with Crippen molar-refractivity contribution in [3.63, 3.8) is 0 Å². The van der Waals surface area contributed by atoms with Gasteiger partial charge in [0.05, 0.1) is 30.5 Å². The number of rotatable bonds is 3. The van der Waals surface area contributed by atoms with Gasteiger partial charge in [-0.05, 0) is 24.3 Å². The first kappa shape index (κ1) is 17.2. The Morgan fingerprint density at radius 2 is 1.79 bits per heavy atom. The summed E-state index contributed by atoms with van der Waals surface area (Å²) in [6, 6.07) is 8.06. The fraction of sp³-hybridized carbons (Fsp3) is 0.200. The highest BCUT2D eigenvalue weighted by molar-refractivity contribution is 6.32. The lowest BCUT2D eigenvalue weighted by Crippen LogP contribution is -2.30. The van der Waals surface area contributed by atoms with E-state index in [9.17, 15) is 19.8 Å². The second-order valence-corrected chi connectivity index (χ2v) is 7.18. The van der Waals surface area contributed by atoms with Gasteiger partial charge in [0.25, 0.3) is 5.56 Å². The molecule has 1 atom stereocenters. The van der Waals surface area contributed by atoms with Gasteiger partial charge in [-0.25, -0.2) is 0 Å². The zero-order valence-corrected chi connectivity index (χ0v) is 15.2. The molecule has 142 valence electrons. The number of aromatic nitrogens is 1. The number of nitrogens with zero attached hydrogens (tertiary/aromatic N) is 1. The Labute approximate surface area is 163 Å². The number of aliphatic hydroxyl groups excluding tert-OH is 2. The quantitative estimate of drug-likeness (QED) is 0.546. The van der Waals surface area contributed by atoms with E-state index in [1.165, 1.54) is 10.6 Å². The first-order chi connectivity index (χ1) is 13.5. The van der Waals surface area contributed by atoms with Crippen LogP contribution in [0.15, 0.2) is 35.1 Å². The van der Waals surface area contributed by atoms with Crippen molar-refractivity contribution in [2.75, 3.05) is 13.4 Å². The highest BCUT2D eigenvalue weighted by atomic mass is 35.5. The van der Waals surface area contributed by atoms with Crippen LogP contribution in [-0.4, -0.2) is 40.1 Å². The highest BCUT2D eigenvalue weighted by Crippen LogP contribution is 2.45. The SMILES string of the molecule is O=C1c2cc3c(cc2-c2c1c1ccc(Cl)cc1c(=O)n2C[C@H](O)CO)OCO3. The molecule has 2 heterocycles. The molecule has 2 aliphatic rings. The number of benzene rings is 2. The number of ketones is 1. The Kier molecular flexibility index (Phi) is 3.74. The molecule has 8 heteroatoms. The van der Waals surface area contributed by atoms with Crippen LogP contribution in [0.4, 0.5) is 0 Å². The van der Waals surface area contributed by atoms with Crippen LogP contribution in [0.2, 0.25) is 5.02 Å². The Balaban J connectivity index is 1.90. The highest BCUT2D eigenvalue weighted by Gasteiger charge is 2.35. The summed E-state index contributed by atoms with van der Waals surface area (Å²) in [6.07, 6.45) is -1.16. The van der Waals surface area contributed by atoms with Gasteiger partial charge in [0.2, 0.25) is 6.79 Å². The van der Waals surface area contributed by atoms with Crippen molar-refractivity contribution in [2.24, 2.45) is 0 Å². The Bertz CT molecular complexity index is 1230. The summed E-state index contributed by atoms with van der Waals surface area (Å²) in [5.74, 6) is 0.705. The number of ether oxygens (including phenoxy) is 2. The number of hydrogen-bond acceptors (Lipinski definition) is 6. The zero-order valence-electron chi connectivity index (χ0n) is 14.4. The average Bonchev–Trinajstić information content (AvgIpc) is 3.26. The number of aliphatic hydroxyl groups is 2. The van der Waals surface area contributed by atoms with Crippen molar-refractivity contribution in [3.8, 4) is 22.8 Å². The van der Waals surface area contributed by atoms with Gasteiger partial charge in [-0.15, -0.1) is 0 Å². The molecule has 3 aromatic rings. The molecule has 2 N–H and O–H groups in total. The van der Waals surface area contributed by atoms with Crippen LogP contribution < -0.4 is 15.0 Å². The van der Waals surface area contributed by atoms with Gasteiger partial charge in [0.1, 0.15) is 0 Å². The Hall–Kier alpha value is -2.87. The van der Waals surface area contributed by atoms with E-state index >= 15 is 0 Å². The van der Waals surface area contributed by atoms with E-state index in [4.69, 9.17) is 21.1 Å². The second-order valence-electron chi connectivity index (χ2n) is 6.75. The van der Waals surface area contributed by atoms with Gasteiger partial charge in [-0.2, -0.15) is 0 Å². The first-order valence-electron chi connectivity index (χ1n) is 8.63. The van der Waals surface area contributed by atoms with Gasteiger partial charge in [0, 0.05) is 26.9 Å². The maximum absolute atomic E-state index is 13.2. The van der Waals surface area contributed by atoms with Crippen molar-refractivity contribution in [1.29, 1.82) is 0 Å². The number of halogens is 1. The number of carbonyl (C=O) groups is 1. The molecule has 0 bridgehead atoms. The molecule has 0 amide bonds. The minimum absolute atomic E-state index is 0.0610. The second kappa shape index (κ2) is 6.07. The number of carbonyl (C=O) groups excluding carboxylic acids is 1. The van der Waals surface area contributed by atoms with Crippen molar-refractivity contribution in [3.05, 3.63) is 56.8 Å². The van der Waals surface area contributed by atoms with Crippen LogP contribution >= 0.6 is 11.6 Å². The molecule has 0 saturated heterocycles. The van der Waals surface area contributed by atoms with Gasteiger partial charge in [0.15, 0.2) is 17.3 Å². The lowest BCUT2D eigenvalue weighted by Gasteiger charge is -2.17. The Morgan fingerprint density at radius 1 is 1.07 bits per heavy atom. The van der Waals surface area contributed by atoms with Crippen molar-refractivity contribution < 1.29 is 24.5 Å². The summed E-state index contributed by atoms with van der Waals surface area (Å²) < 4.78 is 12.1. The third kappa shape index (κ3) is 2.30. The molecule has 28 heavy (non-hydrogen) atoms. The van der Waals surface area contributed by atoms with Gasteiger partial charge in [-0.3, -0.25) is 9.59 Å². The molecule has 5 rings (SSSR count). The summed E-state index contributed by atoms with van der Waals surface area (Å²) >= 11 is 6.06.